The minimum Gasteiger partial charge on any atom is -0.488 e. The number of aromatic nitrogens is 1. The maximum absolute atomic E-state index is 15.9. The molecule has 0 saturated carbocycles. The van der Waals surface area contributed by atoms with Crippen molar-refractivity contribution in [2.75, 3.05) is 19.5 Å². The summed E-state index contributed by atoms with van der Waals surface area (Å²) in [6.45, 7) is 7.82. The largest absolute Gasteiger partial charge is 0.488 e. The molecule has 0 saturated heterocycles. The Labute approximate surface area is 246 Å². The molecule has 42 heavy (non-hydrogen) atoms. The number of rotatable bonds is 12. The predicted molar refractivity (Wildman–Crippen MR) is 158 cm³/mol. The zero-order valence-corrected chi connectivity index (χ0v) is 25.2. The summed E-state index contributed by atoms with van der Waals surface area (Å²) in [5, 5.41) is 0.704. The van der Waals surface area contributed by atoms with Gasteiger partial charge >= 0.3 is 5.97 Å². The predicted octanol–water partition coefficient (Wildman–Crippen LogP) is 6.69. The normalized spacial score (nSPS) is 12.5. The Bertz CT molecular complexity index is 1590. The van der Waals surface area contributed by atoms with E-state index < -0.39 is 33.2 Å². The molecule has 0 radical (unpaired) electrons. The smallest absolute Gasteiger partial charge is 0.310 e. The standard InChI is InChI=1S/C32H35F2NO6S/c1-6-39-29(36)16-21-7-8-23(33)17-28(21)40-18-20-13-22-15-24(19-38-5)41-31(22)26(14-20)25-9-11-35-27(30(25)34)10-12-42(37)32(2,3)4/h7-9,11,13-15,17H,6,10,12,16,18-19H2,1-5H3/t42-/m1/s1. The van der Waals surface area contributed by atoms with Crippen molar-refractivity contribution in [3.05, 3.63) is 82.9 Å². The van der Waals surface area contributed by atoms with Crippen LogP contribution in [0.3, 0.4) is 0 Å². The van der Waals surface area contributed by atoms with E-state index in [0.717, 1.165) is 0 Å². The molecule has 2 aromatic heterocycles. The number of aryl methyl sites for hydroxylation is 1. The molecule has 224 valence electrons. The average Bonchev–Trinajstić information content (AvgIpc) is 3.34. The van der Waals surface area contributed by atoms with Crippen LogP contribution >= 0.6 is 0 Å². The molecular formula is C32H35F2NO6S. The zero-order valence-electron chi connectivity index (χ0n) is 24.4. The van der Waals surface area contributed by atoms with Gasteiger partial charge in [0.05, 0.1) is 18.7 Å². The van der Waals surface area contributed by atoms with Crippen LogP contribution in [-0.2, 0) is 51.1 Å². The fourth-order valence-electron chi connectivity index (χ4n) is 4.47. The molecule has 7 nitrogen and oxygen atoms in total. The SMILES string of the molecule is CCOC(=O)Cc1ccc(F)cc1OCc1cc(-c2ccnc(CC[S@@](=O)C(C)(C)C)c2F)c2oc(COC)cc2c1. The minimum absolute atomic E-state index is 0.0110. The molecule has 4 aromatic rings. The second-order valence-corrected chi connectivity index (χ2v) is 13.1. The lowest BCUT2D eigenvalue weighted by Crippen LogP contribution is -2.25. The molecule has 0 aliphatic rings. The first-order chi connectivity index (χ1) is 20.0. The van der Waals surface area contributed by atoms with Crippen LogP contribution in [0.1, 0.15) is 50.3 Å². The highest BCUT2D eigenvalue weighted by Crippen LogP contribution is 2.35. The Hall–Kier alpha value is -3.63. The quantitative estimate of drug-likeness (QED) is 0.168. The van der Waals surface area contributed by atoms with Gasteiger partial charge in [0.2, 0.25) is 0 Å². The van der Waals surface area contributed by atoms with Crippen molar-refractivity contribution < 1.29 is 36.4 Å². The summed E-state index contributed by atoms with van der Waals surface area (Å²) in [6, 6.07) is 11.0. The van der Waals surface area contributed by atoms with Crippen LogP contribution < -0.4 is 4.74 Å². The van der Waals surface area contributed by atoms with E-state index in [0.29, 0.717) is 33.4 Å². The molecule has 0 amide bonds. The van der Waals surface area contributed by atoms with Gasteiger partial charge < -0.3 is 18.6 Å². The van der Waals surface area contributed by atoms with Crippen molar-refractivity contribution in [3.63, 3.8) is 0 Å². The van der Waals surface area contributed by atoms with Crippen LogP contribution in [-0.4, -0.2) is 39.4 Å². The number of benzene rings is 2. The van der Waals surface area contributed by atoms with Gasteiger partial charge in [-0.1, -0.05) is 6.07 Å². The van der Waals surface area contributed by atoms with Crippen LogP contribution in [0.25, 0.3) is 22.1 Å². The summed E-state index contributed by atoms with van der Waals surface area (Å²) >= 11 is 0. The highest BCUT2D eigenvalue weighted by Gasteiger charge is 2.22. The molecule has 0 bridgehead atoms. The van der Waals surface area contributed by atoms with E-state index in [1.54, 1.807) is 26.2 Å². The fraction of sp³-hybridized carbons (Fsp3) is 0.375. The van der Waals surface area contributed by atoms with Crippen molar-refractivity contribution in [1.82, 2.24) is 4.98 Å². The van der Waals surface area contributed by atoms with Gasteiger partial charge in [-0.25, -0.2) is 8.78 Å². The molecule has 0 unspecified atom stereocenters. The maximum atomic E-state index is 15.9. The van der Waals surface area contributed by atoms with Crippen molar-refractivity contribution in [1.29, 1.82) is 0 Å². The third kappa shape index (κ3) is 7.60. The van der Waals surface area contributed by atoms with Gasteiger partial charge in [0, 0.05) is 69.2 Å². The summed E-state index contributed by atoms with van der Waals surface area (Å²) in [4.78, 5) is 16.3. The molecule has 4 rings (SSSR count). The van der Waals surface area contributed by atoms with Crippen molar-refractivity contribution >= 4 is 27.7 Å². The topological polar surface area (TPSA) is 87.9 Å². The number of pyridine rings is 1. The number of halogens is 2. The lowest BCUT2D eigenvalue weighted by Gasteiger charge is -2.17. The molecule has 1 atom stereocenters. The molecule has 2 heterocycles. The number of esters is 1. The minimum atomic E-state index is -1.16. The van der Waals surface area contributed by atoms with Crippen LogP contribution in [0.4, 0.5) is 8.78 Å². The van der Waals surface area contributed by atoms with Crippen molar-refractivity contribution in [2.45, 2.75) is 58.5 Å². The van der Waals surface area contributed by atoms with Gasteiger partial charge in [-0.3, -0.25) is 14.0 Å². The first-order valence-corrected chi connectivity index (χ1v) is 15.0. The van der Waals surface area contributed by atoms with Gasteiger partial charge in [-0.15, -0.1) is 0 Å². The summed E-state index contributed by atoms with van der Waals surface area (Å²) in [5.41, 5.74) is 2.60. The Morgan fingerprint density at radius 3 is 2.55 bits per heavy atom. The summed E-state index contributed by atoms with van der Waals surface area (Å²) in [7, 11) is 0.389. The Kier molecular flexibility index (Phi) is 10.1. The number of furan rings is 1. The molecule has 0 aliphatic carbocycles. The maximum Gasteiger partial charge on any atom is 0.310 e. The lowest BCUT2D eigenvalue weighted by molar-refractivity contribution is -0.142. The van der Waals surface area contributed by atoms with E-state index in [2.05, 4.69) is 4.98 Å². The van der Waals surface area contributed by atoms with Gasteiger partial charge in [0.15, 0.2) is 5.82 Å². The van der Waals surface area contributed by atoms with E-state index in [9.17, 15) is 13.4 Å². The number of hydrogen-bond donors (Lipinski definition) is 0. The number of carbonyl (C=O) groups is 1. The Morgan fingerprint density at radius 2 is 1.83 bits per heavy atom. The number of fused-ring (bicyclic) bond motifs is 1. The van der Waals surface area contributed by atoms with Gasteiger partial charge in [-0.2, -0.15) is 0 Å². The van der Waals surface area contributed by atoms with E-state index in [1.807, 2.05) is 32.9 Å². The third-order valence-electron chi connectivity index (χ3n) is 6.54. The molecule has 2 aromatic carbocycles. The second-order valence-electron chi connectivity index (χ2n) is 10.8. The highest BCUT2D eigenvalue weighted by molar-refractivity contribution is 7.86. The van der Waals surface area contributed by atoms with Gasteiger partial charge in [0.1, 0.15) is 36.1 Å². The first-order valence-electron chi connectivity index (χ1n) is 13.6. The summed E-state index contributed by atoms with van der Waals surface area (Å²) < 4.78 is 64.5. The van der Waals surface area contributed by atoms with Crippen molar-refractivity contribution in [2.24, 2.45) is 0 Å². The van der Waals surface area contributed by atoms with E-state index in [-0.39, 0.29) is 55.4 Å². The monoisotopic (exact) mass is 599 g/mol. The second kappa shape index (κ2) is 13.6. The van der Waals surface area contributed by atoms with Gasteiger partial charge in [0.25, 0.3) is 0 Å². The van der Waals surface area contributed by atoms with Crippen LogP contribution in [0.15, 0.2) is 53.1 Å². The summed E-state index contributed by atoms with van der Waals surface area (Å²) in [5.74, 6) is -0.427. The Balaban J connectivity index is 1.70. The van der Waals surface area contributed by atoms with E-state index >= 15 is 4.39 Å². The number of ether oxygens (including phenoxy) is 3. The van der Waals surface area contributed by atoms with Crippen LogP contribution in [0.5, 0.6) is 5.75 Å². The zero-order chi connectivity index (χ0) is 30.4. The molecule has 0 spiro atoms. The third-order valence-corrected chi connectivity index (χ3v) is 8.48. The molecule has 0 N–H and O–H groups in total. The number of hydrogen-bond acceptors (Lipinski definition) is 7. The van der Waals surface area contributed by atoms with E-state index in [4.69, 9.17) is 18.6 Å². The van der Waals surface area contributed by atoms with Crippen LogP contribution in [0, 0.1) is 11.6 Å². The fourth-order valence-corrected chi connectivity index (χ4v) is 5.46. The van der Waals surface area contributed by atoms with Gasteiger partial charge in [-0.05, 0) is 63.6 Å². The van der Waals surface area contributed by atoms with Crippen molar-refractivity contribution in [3.8, 4) is 16.9 Å². The van der Waals surface area contributed by atoms with E-state index in [1.165, 1.54) is 24.4 Å². The molecule has 10 heteroatoms. The Morgan fingerprint density at radius 1 is 1.05 bits per heavy atom. The average molecular weight is 600 g/mol. The lowest BCUT2D eigenvalue weighted by atomic mass is 9.99. The number of nitrogens with zero attached hydrogens (tertiary/aromatic N) is 1. The first kappa shape index (κ1) is 31.3. The molecule has 0 fully saturated rings. The molecular weight excluding hydrogens is 564 g/mol. The summed E-state index contributed by atoms with van der Waals surface area (Å²) in [6.07, 6.45) is 1.67. The van der Waals surface area contributed by atoms with Crippen LogP contribution in [0.2, 0.25) is 0 Å². The highest BCUT2D eigenvalue weighted by atomic mass is 32.2. The number of carbonyl (C=O) groups excluding carboxylic acids is 1. The molecule has 0 aliphatic heterocycles. The number of methoxy groups -OCH3 is 1.